The second-order valence-electron chi connectivity index (χ2n) is 5.82. The molecule has 0 saturated carbocycles. The van der Waals surface area contributed by atoms with Gasteiger partial charge in [0.25, 0.3) is 0 Å². The van der Waals surface area contributed by atoms with Crippen LogP contribution in [0.5, 0.6) is 0 Å². The first-order valence-corrected chi connectivity index (χ1v) is 6.67. The van der Waals surface area contributed by atoms with Crippen molar-refractivity contribution in [3.05, 3.63) is 23.7 Å². The molecule has 5 nitrogen and oxygen atoms in total. The molecule has 1 saturated heterocycles. The second kappa shape index (κ2) is 4.89. The third-order valence-corrected chi connectivity index (χ3v) is 3.93. The van der Waals surface area contributed by atoms with Gasteiger partial charge in [-0.25, -0.2) is 4.79 Å². The number of furan rings is 1. The zero-order valence-corrected chi connectivity index (χ0v) is 12.1. The Morgan fingerprint density at radius 3 is 2.68 bits per heavy atom. The van der Waals surface area contributed by atoms with Gasteiger partial charge in [0.1, 0.15) is 17.6 Å². The molecular weight excluding hydrogens is 242 g/mol. The van der Waals surface area contributed by atoms with Crippen LogP contribution in [-0.2, 0) is 0 Å². The molecule has 1 aromatic heterocycles. The minimum absolute atomic E-state index is 0.0155. The smallest absolute Gasteiger partial charge is 0.320 e. The molecule has 2 heterocycles. The number of carbonyl (C=O) groups is 1. The topological polar surface area (TPSA) is 62.7 Å². The second-order valence-corrected chi connectivity index (χ2v) is 5.82. The van der Waals surface area contributed by atoms with Crippen molar-refractivity contribution in [3.8, 4) is 0 Å². The quantitative estimate of drug-likeness (QED) is 0.907. The molecule has 1 aliphatic rings. The van der Waals surface area contributed by atoms with Crippen molar-refractivity contribution in [2.45, 2.75) is 38.8 Å². The first kappa shape index (κ1) is 13.9. The van der Waals surface area contributed by atoms with Gasteiger partial charge in [-0.2, -0.15) is 0 Å². The van der Waals surface area contributed by atoms with E-state index in [2.05, 4.69) is 13.8 Å². The summed E-state index contributed by atoms with van der Waals surface area (Å²) in [6, 6.07) is 3.90. The highest BCUT2D eigenvalue weighted by Crippen LogP contribution is 2.34. The molecule has 2 amide bonds. The Bertz CT molecular complexity index is 467. The summed E-state index contributed by atoms with van der Waals surface area (Å²) in [5.74, 6) is 1.72. The zero-order valence-electron chi connectivity index (χ0n) is 12.1. The van der Waals surface area contributed by atoms with E-state index in [1.54, 1.807) is 4.90 Å². The number of amides is 2. The molecule has 19 heavy (non-hydrogen) atoms. The van der Waals surface area contributed by atoms with E-state index in [1.807, 2.05) is 31.0 Å². The zero-order chi connectivity index (χ0) is 14.2. The summed E-state index contributed by atoms with van der Waals surface area (Å²) >= 11 is 0. The van der Waals surface area contributed by atoms with Crippen molar-refractivity contribution in [1.29, 1.82) is 0 Å². The van der Waals surface area contributed by atoms with E-state index < -0.39 is 0 Å². The Hall–Kier alpha value is -1.49. The van der Waals surface area contributed by atoms with Crippen molar-refractivity contribution in [3.63, 3.8) is 0 Å². The van der Waals surface area contributed by atoms with Gasteiger partial charge >= 0.3 is 6.03 Å². The van der Waals surface area contributed by atoms with Crippen LogP contribution in [-0.4, -0.2) is 41.5 Å². The number of rotatable bonds is 4. The predicted octanol–water partition coefficient (Wildman–Crippen LogP) is 2.12. The Labute approximate surface area is 114 Å². The highest BCUT2D eigenvalue weighted by atomic mass is 16.3. The number of carbonyl (C=O) groups excluding carboxylic acids is 1. The predicted molar refractivity (Wildman–Crippen MR) is 73.8 cm³/mol. The lowest BCUT2D eigenvalue weighted by molar-refractivity contribution is 0.145. The van der Waals surface area contributed by atoms with Gasteiger partial charge in [0.05, 0.1) is 6.54 Å². The van der Waals surface area contributed by atoms with E-state index >= 15 is 0 Å². The van der Waals surface area contributed by atoms with Gasteiger partial charge in [0, 0.05) is 12.6 Å². The number of nitrogens with zero attached hydrogens (tertiary/aromatic N) is 2. The molecule has 1 atom stereocenters. The molecule has 1 fully saturated rings. The lowest BCUT2D eigenvalue weighted by Crippen LogP contribution is -2.47. The van der Waals surface area contributed by atoms with Crippen LogP contribution < -0.4 is 5.73 Å². The average molecular weight is 265 g/mol. The third kappa shape index (κ3) is 2.47. The van der Waals surface area contributed by atoms with Crippen molar-refractivity contribution >= 4 is 6.03 Å². The number of aryl methyl sites for hydroxylation is 1. The third-order valence-electron chi connectivity index (χ3n) is 3.93. The summed E-state index contributed by atoms with van der Waals surface area (Å²) in [5.41, 5.74) is 5.42. The lowest BCUT2D eigenvalue weighted by atomic mass is 9.98. The van der Waals surface area contributed by atoms with Gasteiger partial charge in [-0.05, 0) is 45.9 Å². The van der Waals surface area contributed by atoms with Crippen LogP contribution >= 0.6 is 0 Å². The van der Waals surface area contributed by atoms with Crippen LogP contribution in [0.3, 0.4) is 0 Å². The average Bonchev–Trinajstić information content (AvgIpc) is 2.86. The fourth-order valence-electron chi connectivity index (χ4n) is 2.60. The van der Waals surface area contributed by atoms with Crippen molar-refractivity contribution < 1.29 is 9.21 Å². The van der Waals surface area contributed by atoms with Gasteiger partial charge < -0.3 is 20.0 Å². The first-order chi connectivity index (χ1) is 8.86. The molecule has 0 aromatic carbocycles. The van der Waals surface area contributed by atoms with Gasteiger partial charge in [-0.1, -0.05) is 0 Å². The maximum absolute atomic E-state index is 12.4. The van der Waals surface area contributed by atoms with Crippen molar-refractivity contribution in [1.82, 2.24) is 9.80 Å². The fraction of sp³-hybridized carbons (Fsp3) is 0.643. The number of nitrogens with two attached hydrogens (primary N) is 1. The number of likely N-dealkylation sites (N-methyl/N-ethyl adjacent to an activating group) is 1. The molecule has 0 bridgehead atoms. The van der Waals surface area contributed by atoms with E-state index in [0.29, 0.717) is 13.1 Å². The maximum atomic E-state index is 12.4. The largest absolute Gasteiger partial charge is 0.464 e. The van der Waals surface area contributed by atoms with Gasteiger partial charge in [0.2, 0.25) is 0 Å². The monoisotopic (exact) mass is 265 g/mol. The van der Waals surface area contributed by atoms with Crippen LogP contribution in [0.1, 0.15) is 37.8 Å². The molecule has 2 N–H and O–H groups in total. The highest BCUT2D eigenvalue weighted by Gasteiger charge is 2.43. The van der Waals surface area contributed by atoms with Crippen LogP contribution in [0, 0.1) is 6.92 Å². The molecule has 5 heteroatoms. The normalized spacial score (nSPS) is 20.5. The summed E-state index contributed by atoms with van der Waals surface area (Å²) in [4.78, 5) is 16.0. The van der Waals surface area contributed by atoms with Crippen LogP contribution in [0.25, 0.3) is 0 Å². The summed E-state index contributed by atoms with van der Waals surface area (Å²) in [6.07, 6.45) is 0.788. The number of urea groups is 1. The molecule has 106 valence electrons. The van der Waals surface area contributed by atoms with Crippen LogP contribution in [0.15, 0.2) is 16.5 Å². The lowest BCUT2D eigenvalue weighted by Gasteiger charge is -2.34. The van der Waals surface area contributed by atoms with Crippen LogP contribution in [0.4, 0.5) is 4.79 Å². The van der Waals surface area contributed by atoms with E-state index in [4.69, 9.17) is 10.2 Å². The molecule has 1 aromatic rings. The van der Waals surface area contributed by atoms with Crippen molar-refractivity contribution in [2.75, 3.05) is 20.1 Å². The van der Waals surface area contributed by atoms with Gasteiger partial charge in [0.15, 0.2) is 0 Å². The molecule has 1 aliphatic heterocycles. The Balaban J connectivity index is 2.21. The number of hydrogen-bond donors (Lipinski definition) is 1. The summed E-state index contributed by atoms with van der Waals surface area (Å²) in [5, 5.41) is 0. The summed E-state index contributed by atoms with van der Waals surface area (Å²) in [7, 11) is 1.82. The van der Waals surface area contributed by atoms with E-state index in [0.717, 1.165) is 17.9 Å². The molecular formula is C14H23N3O2. The Morgan fingerprint density at radius 2 is 2.16 bits per heavy atom. The van der Waals surface area contributed by atoms with Gasteiger partial charge in [-0.3, -0.25) is 0 Å². The van der Waals surface area contributed by atoms with Crippen molar-refractivity contribution in [2.24, 2.45) is 5.73 Å². The SMILES string of the molecule is Cc1ccc(C2CN(C(C)(C)CCN)C(=O)N2C)o1. The summed E-state index contributed by atoms with van der Waals surface area (Å²) in [6.45, 7) is 7.25. The standard InChI is InChI=1S/C14H23N3O2/c1-10-5-6-12(19-10)11-9-17(13(18)16(11)4)14(2,3)7-8-15/h5-6,11H,7-9,15H2,1-4H3. The Kier molecular flexibility index (Phi) is 3.58. The fourth-order valence-corrected chi connectivity index (χ4v) is 2.60. The minimum Gasteiger partial charge on any atom is -0.464 e. The molecule has 1 unspecified atom stereocenters. The van der Waals surface area contributed by atoms with Crippen LogP contribution in [0.2, 0.25) is 0 Å². The first-order valence-electron chi connectivity index (χ1n) is 6.67. The summed E-state index contributed by atoms with van der Waals surface area (Å²) < 4.78 is 5.66. The maximum Gasteiger partial charge on any atom is 0.320 e. The van der Waals surface area contributed by atoms with E-state index in [9.17, 15) is 4.79 Å². The Morgan fingerprint density at radius 1 is 1.47 bits per heavy atom. The highest BCUT2D eigenvalue weighted by molar-refractivity contribution is 5.78. The molecule has 0 spiro atoms. The van der Waals surface area contributed by atoms with E-state index in [1.165, 1.54) is 0 Å². The molecule has 2 rings (SSSR count). The number of hydrogen-bond acceptors (Lipinski definition) is 3. The molecule has 0 radical (unpaired) electrons. The van der Waals surface area contributed by atoms with E-state index in [-0.39, 0.29) is 17.6 Å². The van der Waals surface area contributed by atoms with Gasteiger partial charge in [-0.15, -0.1) is 0 Å². The molecule has 0 aliphatic carbocycles. The minimum atomic E-state index is -0.226.